The number of hydrogen-bond acceptors (Lipinski definition) is 5. The molecule has 0 radical (unpaired) electrons. The predicted molar refractivity (Wildman–Crippen MR) is 137 cm³/mol. The number of hydrogen-bond donors (Lipinski definition) is 1. The fourth-order valence-corrected chi connectivity index (χ4v) is 4.92. The van der Waals surface area contributed by atoms with Gasteiger partial charge in [0.05, 0.1) is 18.2 Å². The van der Waals surface area contributed by atoms with Crippen molar-refractivity contribution in [2.45, 2.75) is 33.4 Å². The Labute approximate surface area is 208 Å². The second kappa shape index (κ2) is 11.5. The van der Waals surface area contributed by atoms with Crippen molar-refractivity contribution >= 4 is 12.0 Å². The van der Waals surface area contributed by atoms with Gasteiger partial charge in [-0.25, -0.2) is 9.59 Å². The van der Waals surface area contributed by atoms with Gasteiger partial charge in [-0.05, 0) is 31.9 Å². The molecule has 35 heavy (non-hydrogen) atoms. The minimum absolute atomic E-state index is 0.176. The maximum Gasteiger partial charge on any atom is 0.338 e. The quantitative estimate of drug-likeness (QED) is 0.589. The van der Waals surface area contributed by atoms with Gasteiger partial charge in [-0.3, -0.25) is 14.7 Å². The van der Waals surface area contributed by atoms with Crippen LogP contribution < -0.4 is 5.32 Å². The Morgan fingerprint density at radius 2 is 1.66 bits per heavy atom. The monoisotopic (exact) mass is 476 g/mol. The van der Waals surface area contributed by atoms with Crippen molar-refractivity contribution in [3.63, 3.8) is 0 Å². The van der Waals surface area contributed by atoms with E-state index in [9.17, 15) is 9.59 Å². The number of urea groups is 1. The molecule has 2 aliphatic rings. The van der Waals surface area contributed by atoms with E-state index < -0.39 is 6.04 Å². The van der Waals surface area contributed by atoms with E-state index in [0.717, 1.165) is 49.5 Å². The Hall–Kier alpha value is -3.16. The zero-order chi connectivity index (χ0) is 24.8. The van der Waals surface area contributed by atoms with Gasteiger partial charge in [0.25, 0.3) is 0 Å². The molecule has 1 fully saturated rings. The van der Waals surface area contributed by atoms with Crippen molar-refractivity contribution < 1.29 is 14.3 Å². The van der Waals surface area contributed by atoms with E-state index in [4.69, 9.17) is 4.74 Å². The number of rotatable bonds is 8. The maximum absolute atomic E-state index is 13.3. The molecule has 2 heterocycles. The highest BCUT2D eigenvalue weighted by Gasteiger charge is 2.38. The summed E-state index contributed by atoms with van der Waals surface area (Å²) in [6.07, 6.45) is 0. The number of nitrogens with one attached hydrogen (secondary N) is 1. The summed E-state index contributed by atoms with van der Waals surface area (Å²) in [5, 5.41) is 3.05. The Balaban J connectivity index is 1.58. The Morgan fingerprint density at radius 1 is 0.971 bits per heavy atom. The fraction of sp³-hybridized carbons (Fsp3) is 0.429. The molecule has 1 atom stereocenters. The fourth-order valence-electron chi connectivity index (χ4n) is 4.92. The van der Waals surface area contributed by atoms with Crippen molar-refractivity contribution in [3.05, 3.63) is 82.6 Å². The lowest BCUT2D eigenvalue weighted by Gasteiger charge is -2.40. The van der Waals surface area contributed by atoms with Crippen molar-refractivity contribution in [3.8, 4) is 0 Å². The number of carbonyl (C=O) groups is 2. The van der Waals surface area contributed by atoms with Crippen LogP contribution in [0.5, 0.6) is 0 Å². The normalized spacial score (nSPS) is 19.6. The van der Waals surface area contributed by atoms with Crippen LogP contribution in [-0.4, -0.2) is 72.6 Å². The lowest BCUT2D eigenvalue weighted by Crippen LogP contribution is -2.53. The number of likely N-dealkylation sites (N-methyl/N-ethyl adjacent to an activating group) is 1. The van der Waals surface area contributed by atoms with Gasteiger partial charge in [-0.1, -0.05) is 60.2 Å². The smallest absolute Gasteiger partial charge is 0.338 e. The first-order chi connectivity index (χ1) is 17.0. The van der Waals surface area contributed by atoms with E-state index >= 15 is 0 Å². The van der Waals surface area contributed by atoms with Crippen LogP contribution in [0, 0.1) is 6.92 Å². The van der Waals surface area contributed by atoms with Gasteiger partial charge in [0.2, 0.25) is 0 Å². The van der Waals surface area contributed by atoms with E-state index in [1.54, 1.807) is 4.90 Å². The van der Waals surface area contributed by atoms with E-state index in [1.807, 2.05) is 51.1 Å². The van der Waals surface area contributed by atoms with Crippen LogP contribution in [-0.2, 0) is 16.1 Å². The third-order valence-corrected chi connectivity index (χ3v) is 6.71. The number of carbonyl (C=O) groups excluding carboxylic acids is 2. The second-order valence-corrected chi connectivity index (χ2v) is 9.16. The first kappa shape index (κ1) is 24.9. The SMILES string of the molecule is CCOC(=O)C1=C(CN2CCN(Cc3ccccc3)CC2)N(CC)C(=O)N[C@H]1c1cccc(C)c1. The Kier molecular flexibility index (Phi) is 8.21. The molecule has 4 rings (SSSR count). The first-order valence-electron chi connectivity index (χ1n) is 12.5. The molecular formula is C28H36N4O3. The lowest BCUT2D eigenvalue weighted by atomic mass is 9.93. The predicted octanol–water partition coefficient (Wildman–Crippen LogP) is 3.72. The molecule has 2 aromatic rings. The van der Waals surface area contributed by atoms with Crippen LogP contribution in [0.2, 0.25) is 0 Å². The van der Waals surface area contributed by atoms with Crippen molar-refractivity contribution in [2.75, 3.05) is 45.9 Å². The maximum atomic E-state index is 13.3. The minimum atomic E-state index is -0.529. The third-order valence-electron chi connectivity index (χ3n) is 6.71. The largest absolute Gasteiger partial charge is 0.463 e. The average Bonchev–Trinajstić information content (AvgIpc) is 2.86. The molecule has 7 nitrogen and oxygen atoms in total. The second-order valence-electron chi connectivity index (χ2n) is 9.16. The standard InChI is InChI=1S/C28H36N4O3/c1-4-32-24(20-31-16-14-30(15-17-31)19-22-11-7-6-8-12-22)25(27(33)35-5-2)26(29-28(32)34)23-13-9-10-21(3)18-23/h6-13,18,26H,4-5,14-17,19-20H2,1-3H3,(H,29,34)/t26-/m0/s1. The minimum Gasteiger partial charge on any atom is -0.463 e. The van der Waals surface area contributed by atoms with Crippen molar-refractivity contribution in [1.82, 2.24) is 20.0 Å². The number of esters is 1. The number of aryl methyl sites for hydroxylation is 1. The summed E-state index contributed by atoms with van der Waals surface area (Å²) >= 11 is 0. The molecule has 0 bridgehead atoms. The first-order valence-corrected chi connectivity index (χ1v) is 12.5. The highest BCUT2D eigenvalue weighted by molar-refractivity contribution is 5.95. The van der Waals surface area contributed by atoms with Crippen molar-refractivity contribution in [1.29, 1.82) is 0 Å². The average molecular weight is 477 g/mol. The van der Waals surface area contributed by atoms with Gasteiger partial charge in [0, 0.05) is 51.5 Å². The van der Waals surface area contributed by atoms with Gasteiger partial charge in [-0.2, -0.15) is 0 Å². The number of amides is 2. The number of benzene rings is 2. The summed E-state index contributed by atoms with van der Waals surface area (Å²) in [5.74, 6) is -0.366. The zero-order valence-corrected chi connectivity index (χ0v) is 21.0. The van der Waals surface area contributed by atoms with Crippen LogP contribution in [0.15, 0.2) is 65.9 Å². The Bertz CT molecular complexity index is 1060. The summed E-state index contributed by atoms with van der Waals surface area (Å²) in [4.78, 5) is 32.9. The number of piperazine rings is 1. The molecule has 1 saturated heterocycles. The van der Waals surface area contributed by atoms with Crippen LogP contribution >= 0.6 is 0 Å². The molecule has 2 aromatic carbocycles. The molecule has 0 unspecified atom stereocenters. The third kappa shape index (κ3) is 5.92. The highest BCUT2D eigenvalue weighted by Crippen LogP contribution is 2.32. The van der Waals surface area contributed by atoms with Gasteiger partial charge < -0.3 is 10.1 Å². The zero-order valence-electron chi connectivity index (χ0n) is 21.0. The molecule has 0 aliphatic carbocycles. The molecule has 7 heteroatoms. The summed E-state index contributed by atoms with van der Waals surface area (Å²) in [6, 6.07) is 17.8. The van der Waals surface area contributed by atoms with Gasteiger partial charge >= 0.3 is 12.0 Å². The summed E-state index contributed by atoms with van der Waals surface area (Å²) < 4.78 is 5.49. The van der Waals surface area contributed by atoms with E-state index in [0.29, 0.717) is 18.7 Å². The van der Waals surface area contributed by atoms with Crippen LogP contribution in [0.3, 0.4) is 0 Å². The number of ether oxygens (including phenoxy) is 1. The van der Waals surface area contributed by atoms with Gasteiger partial charge in [-0.15, -0.1) is 0 Å². The van der Waals surface area contributed by atoms with Gasteiger partial charge in [0.1, 0.15) is 0 Å². The van der Waals surface area contributed by atoms with Crippen LogP contribution in [0.1, 0.15) is 36.6 Å². The highest BCUT2D eigenvalue weighted by atomic mass is 16.5. The van der Waals surface area contributed by atoms with E-state index in [-0.39, 0.29) is 18.6 Å². The lowest BCUT2D eigenvalue weighted by molar-refractivity contribution is -0.139. The molecule has 0 aromatic heterocycles. The van der Waals surface area contributed by atoms with Crippen LogP contribution in [0.4, 0.5) is 4.79 Å². The van der Waals surface area contributed by atoms with E-state index in [1.165, 1.54) is 5.56 Å². The molecule has 1 N–H and O–H groups in total. The summed E-state index contributed by atoms with van der Waals surface area (Å²) in [6.45, 7) is 11.6. The van der Waals surface area contributed by atoms with Gasteiger partial charge in [0.15, 0.2) is 0 Å². The molecule has 2 aliphatic heterocycles. The number of nitrogens with zero attached hydrogens (tertiary/aromatic N) is 3. The molecular weight excluding hydrogens is 440 g/mol. The van der Waals surface area contributed by atoms with Crippen molar-refractivity contribution in [2.24, 2.45) is 0 Å². The molecule has 186 valence electrons. The molecule has 0 saturated carbocycles. The molecule has 0 spiro atoms. The van der Waals surface area contributed by atoms with E-state index in [2.05, 4.69) is 39.4 Å². The Morgan fingerprint density at radius 3 is 2.29 bits per heavy atom. The topological polar surface area (TPSA) is 65.1 Å². The molecule has 2 amide bonds. The van der Waals surface area contributed by atoms with Crippen LogP contribution in [0.25, 0.3) is 0 Å². The summed E-state index contributed by atoms with van der Waals surface area (Å²) in [5.41, 5.74) is 4.56. The summed E-state index contributed by atoms with van der Waals surface area (Å²) in [7, 11) is 0.